The summed E-state index contributed by atoms with van der Waals surface area (Å²) >= 11 is 6.15. The van der Waals surface area contributed by atoms with Gasteiger partial charge in [-0.25, -0.2) is 4.79 Å². The highest BCUT2D eigenvalue weighted by atomic mass is 35.5. The van der Waals surface area contributed by atoms with Gasteiger partial charge in [-0.3, -0.25) is 0 Å². The van der Waals surface area contributed by atoms with Crippen molar-refractivity contribution in [1.82, 2.24) is 5.32 Å². The molecule has 20 heavy (non-hydrogen) atoms. The number of carboxylic acid groups (broad SMARTS) is 1. The molecule has 1 aromatic carbocycles. The first-order valence-electron chi connectivity index (χ1n) is 6.85. The van der Waals surface area contributed by atoms with Gasteiger partial charge >= 0.3 is 5.97 Å². The van der Waals surface area contributed by atoms with E-state index in [4.69, 9.17) is 21.4 Å². The van der Waals surface area contributed by atoms with Crippen molar-refractivity contribution < 1.29 is 14.6 Å². The second-order valence-electron chi connectivity index (χ2n) is 5.03. The monoisotopic (exact) mass is 299 g/mol. The predicted octanol–water partition coefficient (Wildman–Crippen LogP) is 3.47. The molecule has 0 saturated carbocycles. The molecule has 4 nitrogen and oxygen atoms in total. The SMILES string of the molecule is CCCC(Oc1ccc(CNC(C)C)cc1Cl)C(=O)O. The summed E-state index contributed by atoms with van der Waals surface area (Å²) in [6, 6.07) is 5.81. The predicted molar refractivity (Wildman–Crippen MR) is 80.4 cm³/mol. The summed E-state index contributed by atoms with van der Waals surface area (Å²) in [5.74, 6) is -0.547. The Morgan fingerprint density at radius 1 is 1.45 bits per heavy atom. The maximum atomic E-state index is 11.1. The lowest BCUT2D eigenvalue weighted by Gasteiger charge is -2.16. The molecule has 0 saturated heterocycles. The smallest absolute Gasteiger partial charge is 0.344 e. The van der Waals surface area contributed by atoms with Gasteiger partial charge < -0.3 is 15.2 Å². The molecule has 1 aromatic rings. The first kappa shape index (κ1) is 16.8. The molecule has 0 heterocycles. The van der Waals surface area contributed by atoms with Gasteiger partial charge in [0.15, 0.2) is 6.10 Å². The van der Waals surface area contributed by atoms with Crippen LogP contribution in [-0.4, -0.2) is 23.2 Å². The van der Waals surface area contributed by atoms with Gasteiger partial charge in [0.2, 0.25) is 0 Å². The van der Waals surface area contributed by atoms with Gasteiger partial charge in [-0.05, 0) is 24.1 Å². The van der Waals surface area contributed by atoms with Gasteiger partial charge in [-0.2, -0.15) is 0 Å². The third-order valence-corrected chi connectivity index (χ3v) is 3.10. The van der Waals surface area contributed by atoms with Crippen molar-refractivity contribution >= 4 is 17.6 Å². The molecular weight excluding hydrogens is 278 g/mol. The third kappa shape index (κ3) is 5.39. The van der Waals surface area contributed by atoms with E-state index in [0.717, 1.165) is 18.5 Å². The highest BCUT2D eigenvalue weighted by Gasteiger charge is 2.19. The number of hydrogen-bond donors (Lipinski definition) is 2. The van der Waals surface area contributed by atoms with Crippen LogP contribution in [0.15, 0.2) is 18.2 Å². The Hall–Kier alpha value is -1.26. The van der Waals surface area contributed by atoms with E-state index < -0.39 is 12.1 Å². The normalized spacial score (nSPS) is 12.4. The molecule has 112 valence electrons. The zero-order valence-corrected chi connectivity index (χ0v) is 12.9. The van der Waals surface area contributed by atoms with Crippen LogP contribution in [0.3, 0.4) is 0 Å². The Balaban J connectivity index is 2.74. The second-order valence-corrected chi connectivity index (χ2v) is 5.44. The Morgan fingerprint density at radius 3 is 2.65 bits per heavy atom. The Morgan fingerprint density at radius 2 is 2.15 bits per heavy atom. The number of hydrogen-bond acceptors (Lipinski definition) is 3. The average Bonchev–Trinajstić information content (AvgIpc) is 2.38. The van der Waals surface area contributed by atoms with Gasteiger partial charge in [0.05, 0.1) is 5.02 Å². The molecule has 2 N–H and O–H groups in total. The molecule has 1 atom stereocenters. The van der Waals surface area contributed by atoms with Crippen LogP contribution in [-0.2, 0) is 11.3 Å². The molecule has 0 bridgehead atoms. The fraction of sp³-hybridized carbons (Fsp3) is 0.533. The molecule has 1 unspecified atom stereocenters. The van der Waals surface area contributed by atoms with Crippen LogP contribution in [0.1, 0.15) is 39.2 Å². The molecular formula is C15H22ClNO3. The highest BCUT2D eigenvalue weighted by Crippen LogP contribution is 2.27. The largest absolute Gasteiger partial charge is 0.479 e. The van der Waals surface area contributed by atoms with E-state index >= 15 is 0 Å². The zero-order valence-electron chi connectivity index (χ0n) is 12.1. The summed E-state index contributed by atoms with van der Waals surface area (Å²) in [5, 5.41) is 12.8. The molecule has 0 aliphatic carbocycles. The molecule has 5 heteroatoms. The first-order chi connectivity index (χ1) is 9.43. The molecule has 0 fully saturated rings. The van der Waals surface area contributed by atoms with Gasteiger partial charge in [-0.15, -0.1) is 0 Å². The standard InChI is InChI=1S/C15H22ClNO3/c1-4-5-14(15(18)19)20-13-7-6-11(8-12(13)16)9-17-10(2)3/h6-8,10,14,17H,4-5,9H2,1-3H3,(H,18,19). The summed E-state index contributed by atoms with van der Waals surface area (Å²) in [4.78, 5) is 11.1. The van der Waals surface area contributed by atoms with Crippen molar-refractivity contribution in [2.24, 2.45) is 0 Å². The van der Waals surface area contributed by atoms with E-state index in [1.807, 2.05) is 13.0 Å². The Bertz CT molecular complexity index is 449. The number of aliphatic carboxylic acids is 1. The molecule has 0 aliphatic heterocycles. The molecule has 0 aromatic heterocycles. The van der Waals surface area contributed by atoms with E-state index in [2.05, 4.69) is 19.2 Å². The average molecular weight is 300 g/mol. The number of rotatable bonds is 8. The summed E-state index contributed by atoms with van der Waals surface area (Å²) in [7, 11) is 0. The van der Waals surface area contributed by atoms with Crippen molar-refractivity contribution in [2.75, 3.05) is 0 Å². The number of benzene rings is 1. The van der Waals surface area contributed by atoms with E-state index in [-0.39, 0.29) is 0 Å². The summed E-state index contributed by atoms with van der Waals surface area (Å²) < 4.78 is 5.48. The number of carboxylic acids is 1. The first-order valence-corrected chi connectivity index (χ1v) is 7.23. The minimum absolute atomic E-state index is 0.394. The van der Waals surface area contributed by atoms with Gasteiger partial charge in [0.25, 0.3) is 0 Å². The third-order valence-electron chi connectivity index (χ3n) is 2.81. The van der Waals surface area contributed by atoms with E-state index in [1.54, 1.807) is 12.1 Å². The molecule has 1 rings (SSSR count). The Kier molecular flexibility index (Phi) is 6.82. The van der Waals surface area contributed by atoms with Crippen LogP contribution in [0.25, 0.3) is 0 Å². The maximum absolute atomic E-state index is 11.1. The lowest BCUT2D eigenvalue weighted by atomic mass is 10.2. The number of carbonyl (C=O) groups is 1. The van der Waals surface area contributed by atoms with Crippen molar-refractivity contribution in [2.45, 2.75) is 52.3 Å². The van der Waals surface area contributed by atoms with E-state index in [1.165, 1.54) is 0 Å². The minimum Gasteiger partial charge on any atom is -0.479 e. The summed E-state index contributed by atoms with van der Waals surface area (Å²) in [6.07, 6.45) is 0.352. The van der Waals surface area contributed by atoms with Crippen LogP contribution in [0.4, 0.5) is 0 Å². The fourth-order valence-electron chi connectivity index (χ4n) is 1.72. The molecule has 0 spiro atoms. The quantitative estimate of drug-likeness (QED) is 0.771. The van der Waals surface area contributed by atoms with E-state index in [9.17, 15) is 4.79 Å². The second kappa shape index (κ2) is 8.12. The Labute approximate surface area is 125 Å². The van der Waals surface area contributed by atoms with Crippen molar-refractivity contribution in [3.8, 4) is 5.75 Å². The van der Waals surface area contributed by atoms with Crippen LogP contribution in [0, 0.1) is 0 Å². The molecule has 0 aliphatic rings. The lowest BCUT2D eigenvalue weighted by Crippen LogP contribution is -2.26. The van der Waals surface area contributed by atoms with Crippen LogP contribution in [0.5, 0.6) is 5.75 Å². The fourth-order valence-corrected chi connectivity index (χ4v) is 1.97. The van der Waals surface area contributed by atoms with Crippen molar-refractivity contribution in [1.29, 1.82) is 0 Å². The van der Waals surface area contributed by atoms with Crippen LogP contribution < -0.4 is 10.1 Å². The van der Waals surface area contributed by atoms with Gasteiger partial charge in [0.1, 0.15) is 5.75 Å². The summed E-state index contributed by atoms with van der Waals surface area (Å²) in [5.41, 5.74) is 1.04. The number of ether oxygens (including phenoxy) is 1. The number of halogens is 1. The summed E-state index contributed by atoms with van der Waals surface area (Å²) in [6.45, 7) is 6.78. The van der Waals surface area contributed by atoms with Gasteiger partial charge in [0, 0.05) is 12.6 Å². The minimum atomic E-state index is -0.964. The maximum Gasteiger partial charge on any atom is 0.344 e. The van der Waals surface area contributed by atoms with Crippen molar-refractivity contribution in [3.63, 3.8) is 0 Å². The lowest BCUT2D eigenvalue weighted by molar-refractivity contribution is -0.145. The molecule has 0 amide bonds. The molecule has 0 radical (unpaired) electrons. The topological polar surface area (TPSA) is 58.6 Å². The van der Waals surface area contributed by atoms with E-state index in [0.29, 0.717) is 23.2 Å². The van der Waals surface area contributed by atoms with Crippen LogP contribution >= 0.6 is 11.6 Å². The highest BCUT2D eigenvalue weighted by molar-refractivity contribution is 6.32. The van der Waals surface area contributed by atoms with Crippen LogP contribution in [0.2, 0.25) is 5.02 Å². The zero-order chi connectivity index (χ0) is 15.1. The van der Waals surface area contributed by atoms with Gasteiger partial charge in [-0.1, -0.05) is 44.9 Å². The van der Waals surface area contributed by atoms with Crippen molar-refractivity contribution in [3.05, 3.63) is 28.8 Å². The number of nitrogens with one attached hydrogen (secondary N) is 1.